The fraction of sp³-hybridized carbons (Fsp3) is 0.188. The molecule has 0 fully saturated rings. The zero-order valence-electron chi connectivity index (χ0n) is 11.7. The molecule has 110 valence electrons. The van der Waals surface area contributed by atoms with Crippen LogP contribution in [-0.2, 0) is 17.9 Å². The van der Waals surface area contributed by atoms with Crippen LogP contribution in [0.5, 0.6) is 11.5 Å². The molecule has 0 atom stereocenters. The lowest BCUT2D eigenvalue weighted by Crippen LogP contribution is -2.23. The van der Waals surface area contributed by atoms with Gasteiger partial charge in [-0.2, -0.15) is 0 Å². The van der Waals surface area contributed by atoms with E-state index in [2.05, 4.69) is 9.97 Å². The highest BCUT2D eigenvalue weighted by Crippen LogP contribution is 2.32. The van der Waals surface area contributed by atoms with Crippen LogP contribution in [0.3, 0.4) is 0 Å². The molecule has 0 N–H and O–H groups in total. The Morgan fingerprint density at radius 3 is 3.05 bits per heavy atom. The van der Waals surface area contributed by atoms with E-state index in [1.54, 1.807) is 23.2 Å². The Labute approximate surface area is 127 Å². The number of rotatable bonds is 2. The first-order valence-electron chi connectivity index (χ1n) is 6.94. The van der Waals surface area contributed by atoms with Crippen molar-refractivity contribution in [3.63, 3.8) is 0 Å². The van der Waals surface area contributed by atoms with Crippen molar-refractivity contribution < 1.29 is 14.3 Å². The summed E-state index contributed by atoms with van der Waals surface area (Å²) in [5, 5.41) is 0. The Bertz CT molecular complexity index is 748. The average Bonchev–Trinajstić information content (AvgIpc) is 3.18. The lowest BCUT2D eigenvalue weighted by Gasteiger charge is -2.11. The summed E-state index contributed by atoms with van der Waals surface area (Å²) in [7, 11) is 0. The third-order valence-electron chi connectivity index (χ3n) is 3.71. The predicted molar refractivity (Wildman–Crippen MR) is 77.9 cm³/mol. The van der Waals surface area contributed by atoms with Crippen LogP contribution in [0.2, 0.25) is 0 Å². The fourth-order valence-corrected chi connectivity index (χ4v) is 2.55. The summed E-state index contributed by atoms with van der Waals surface area (Å²) in [6, 6.07) is 5.59. The maximum absolute atomic E-state index is 12.3. The van der Waals surface area contributed by atoms with Crippen molar-refractivity contribution in [3.05, 3.63) is 53.6 Å². The first kappa shape index (κ1) is 12.8. The van der Waals surface area contributed by atoms with Crippen molar-refractivity contribution in [2.45, 2.75) is 13.1 Å². The molecule has 6 heteroatoms. The third-order valence-corrected chi connectivity index (χ3v) is 3.71. The van der Waals surface area contributed by atoms with Gasteiger partial charge in [0.15, 0.2) is 11.5 Å². The summed E-state index contributed by atoms with van der Waals surface area (Å²) >= 11 is 0. The number of fused-ring (bicyclic) bond motifs is 2. The van der Waals surface area contributed by atoms with Crippen LogP contribution >= 0.6 is 0 Å². The number of benzene rings is 1. The number of hydrogen-bond acceptors (Lipinski definition) is 5. The molecule has 3 heterocycles. The van der Waals surface area contributed by atoms with Crippen LogP contribution in [0.4, 0.5) is 0 Å². The lowest BCUT2D eigenvalue weighted by molar-refractivity contribution is -0.126. The molecule has 2 aliphatic rings. The molecule has 22 heavy (non-hydrogen) atoms. The van der Waals surface area contributed by atoms with Gasteiger partial charge < -0.3 is 14.4 Å². The normalized spacial score (nSPS) is 15.4. The zero-order valence-corrected chi connectivity index (χ0v) is 11.7. The van der Waals surface area contributed by atoms with E-state index in [0.717, 1.165) is 22.6 Å². The molecular weight excluding hydrogens is 282 g/mol. The molecule has 0 spiro atoms. The van der Waals surface area contributed by atoms with Crippen LogP contribution in [0, 0.1) is 0 Å². The molecule has 0 aliphatic carbocycles. The third kappa shape index (κ3) is 2.28. The molecule has 1 amide bonds. The summed E-state index contributed by atoms with van der Waals surface area (Å²) in [5.41, 5.74) is 2.82. The van der Waals surface area contributed by atoms with Gasteiger partial charge >= 0.3 is 0 Å². The number of hydrogen-bond donors (Lipinski definition) is 0. The van der Waals surface area contributed by atoms with Gasteiger partial charge in [-0.1, -0.05) is 6.07 Å². The molecule has 1 aromatic heterocycles. The molecule has 1 aromatic carbocycles. The van der Waals surface area contributed by atoms with E-state index < -0.39 is 0 Å². The number of ether oxygens (including phenoxy) is 2. The molecule has 0 radical (unpaired) electrons. The van der Waals surface area contributed by atoms with Crippen molar-refractivity contribution in [2.75, 3.05) is 6.79 Å². The van der Waals surface area contributed by atoms with Gasteiger partial charge in [-0.15, -0.1) is 0 Å². The second kappa shape index (κ2) is 5.14. The van der Waals surface area contributed by atoms with Gasteiger partial charge in [-0.25, -0.2) is 9.97 Å². The monoisotopic (exact) mass is 295 g/mol. The van der Waals surface area contributed by atoms with E-state index >= 15 is 0 Å². The van der Waals surface area contributed by atoms with Crippen LogP contribution in [-0.4, -0.2) is 27.6 Å². The Morgan fingerprint density at radius 2 is 2.14 bits per heavy atom. The Hall–Kier alpha value is -2.89. The first-order valence-corrected chi connectivity index (χ1v) is 6.94. The van der Waals surface area contributed by atoms with Gasteiger partial charge in [0.05, 0.1) is 12.2 Å². The first-order chi connectivity index (χ1) is 10.8. The number of aromatic nitrogens is 2. The quantitative estimate of drug-likeness (QED) is 0.790. The van der Waals surface area contributed by atoms with Crippen LogP contribution in [0.1, 0.15) is 16.8 Å². The van der Waals surface area contributed by atoms with Crippen molar-refractivity contribution in [1.82, 2.24) is 14.9 Å². The Balaban J connectivity index is 1.46. The smallest absolute Gasteiger partial charge is 0.247 e. The molecule has 4 rings (SSSR count). The number of carbonyl (C=O) groups is 1. The van der Waals surface area contributed by atoms with Crippen LogP contribution in [0.15, 0.2) is 36.8 Å². The largest absolute Gasteiger partial charge is 0.454 e. The standard InChI is InChI=1S/C16H13N3O3/c20-16(19-7-12-6-17-9-18-13(12)8-19)4-2-11-1-3-14-15(5-11)22-10-21-14/h1-6,9H,7-8,10H2. The highest BCUT2D eigenvalue weighted by Gasteiger charge is 2.22. The fourth-order valence-electron chi connectivity index (χ4n) is 2.55. The van der Waals surface area contributed by atoms with E-state index in [4.69, 9.17) is 9.47 Å². The molecule has 0 saturated carbocycles. The van der Waals surface area contributed by atoms with Gasteiger partial charge in [-0.3, -0.25) is 4.79 Å². The van der Waals surface area contributed by atoms with Gasteiger partial charge in [0.25, 0.3) is 0 Å². The topological polar surface area (TPSA) is 64.6 Å². The van der Waals surface area contributed by atoms with Gasteiger partial charge in [0.2, 0.25) is 12.7 Å². The van der Waals surface area contributed by atoms with Crippen molar-refractivity contribution in [2.24, 2.45) is 0 Å². The molecule has 0 bridgehead atoms. The average molecular weight is 295 g/mol. The minimum absolute atomic E-state index is 0.0457. The highest BCUT2D eigenvalue weighted by molar-refractivity contribution is 5.92. The van der Waals surface area contributed by atoms with Gasteiger partial charge in [-0.05, 0) is 23.8 Å². The van der Waals surface area contributed by atoms with Crippen molar-refractivity contribution in [3.8, 4) is 11.5 Å². The van der Waals surface area contributed by atoms with E-state index in [1.165, 1.54) is 6.33 Å². The predicted octanol–water partition coefficient (Wildman–Crippen LogP) is 1.76. The van der Waals surface area contributed by atoms with Gasteiger partial charge in [0, 0.05) is 24.4 Å². The number of amides is 1. The minimum atomic E-state index is -0.0457. The zero-order chi connectivity index (χ0) is 14.9. The van der Waals surface area contributed by atoms with Gasteiger partial charge in [0.1, 0.15) is 6.33 Å². The molecular formula is C16H13N3O3. The Morgan fingerprint density at radius 1 is 1.23 bits per heavy atom. The summed E-state index contributed by atoms with van der Waals surface area (Å²) in [4.78, 5) is 22.2. The number of carbonyl (C=O) groups excluding carboxylic acids is 1. The molecule has 0 saturated heterocycles. The highest BCUT2D eigenvalue weighted by atomic mass is 16.7. The summed E-state index contributed by atoms with van der Waals surface area (Å²) < 4.78 is 10.6. The van der Waals surface area contributed by atoms with Crippen LogP contribution < -0.4 is 9.47 Å². The Kier molecular flexibility index (Phi) is 3.00. The van der Waals surface area contributed by atoms with E-state index in [-0.39, 0.29) is 12.7 Å². The minimum Gasteiger partial charge on any atom is -0.454 e. The second-order valence-electron chi connectivity index (χ2n) is 5.14. The lowest BCUT2D eigenvalue weighted by atomic mass is 10.2. The molecule has 6 nitrogen and oxygen atoms in total. The van der Waals surface area contributed by atoms with E-state index in [0.29, 0.717) is 18.8 Å². The summed E-state index contributed by atoms with van der Waals surface area (Å²) in [6.45, 7) is 1.33. The van der Waals surface area contributed by atoms with E-state index in [9.17, 15) is 4.79 Å². The maximum atomic E-state index is 12.3. The van der Waals surface area contributed by atoms with E-state index in [1.807, 2.05) is 18.2 Å². The molecule has 2 aromatic rings. The van der Waals surface area contributed by atoms with Crippen LogP contribution in [0.25, 0.3) is 6.08 Å². The SMILES string of the molecule is O=C(C=Cc1ccc2c(c1)OCO2)N1Cc2cncnc2C1. The molecule has 2 aliphatic heterocycles. The summed E-state index contributed by atoms with van der Waals surface area (Å²) in [6.07, 6.45) is 6.61. The number of nitrogens with zero attached hydrogens (tertiary/aromatic N) is 3. The molecule has 0 unspecified atom stereocenters. The maximum Gasteiger partial charge on any atom is 0.247 e. The van der Waals surface area contributed by atoms with Crippen molar-refractivity contribution in [1.29, 1.82) is 0 Å². The van der Waals surface area contributed by atoms with Crippen molar-refractivity contribution >= 4 is 12.0 Å². The second-order valence-corrected chi connectivity index (χ2v) is 5.14. The summed E-state index contributed by atoms with van der Waals surface area (Å²) in [5.74, 6) is 1.39.